The Morgan fingerprint density at radius 2 is 1.81 bits per heavy atom. The minimum atomic E-state index is -0.336. The lowest BCUT2D eigenvalue weighted by Crippen LogP contribution is -2.51. The average Bonchev–Trinajstić information content (AvgIpc) is 3.04. The summed E-state index contributed by atoms with van der Waals surface area (Å²) in [5.74, 6) is -0.334. The number of hydrogen-bond donors (Lipinski definition) is 0. The molecule has 1 amide bonds. The Balaban J connectivity index is 1.60. The first-order chi connectivity index (χ1) is 10.1. The van der Waals surface area contributed by atoms with Crippen LogP contribution in [0.15, 0.2) is 22.7 Å². The summed E-state index contributed by atoms with van der Waals surface area (Å²) in [6.45, 7) is 3.45. The van der Waals surface area contributed by atoms with Gasteiger partial charge in [0.15, 0.2) is 0 Å². The third-order valence-electron chi connectivity index (χ3n) is 4.61. The van der Waals surface area contributed by atoms with Gasteiger partial charge in [0.25, 0.3) is 5.91 Å². The number of amides is 1. The highest BCUT2D eigenvalue weighted by Gasteiger charge is 2.28. The fraction of sp³-hybridized carbons (Fsp3) is 0.562. The standard InChI is InChI=1S/C16H20BrFN2O/c17-14-11-12(5-6-15(14)18)16(21)20-9-7-19(8-10-20)13-3-1-2-4-13/h5-6,11,13H,1-4,7-10H2. The van der Waals surface area contributed by atoms with Crippen LogP contribution in [0, 0.1) is 5.82 Å². The minimum Gasteiger partial charge on any atom is -0.336 e. The molecule has 1 heterocycles. The van der Waals surface area contributed by atoms with Crippen molar-refractivity contribution in [3.63, 3.8) is 0 Å². The molecule has 1 aliphatic heterocycles. The summed E-state index contributed by atoms with van der Waals surface area (Å²) in [6.07, 6.45) is 5.29. The molecule has 0 spiro atoms. The van der Waals surface area contributed by atoms with Crippen LogP contribution < -0.4 is 0 Å². The average molecular weight is 355 g/mol. The second-order valence-corrected chi connectivity index (χ2v) is 6.75. The van der Waals surface area contributed by atoms with Crippen molar-refractivity contribution >= 4 is 21.8 Å². The van der Waals surface area contributed by atoms with Crippen LogP contribution in [-0.2, 0) is 0 Å². The zero-order chi connectivity index (χ0) is 14.8. The van der Waals surface area contributed by atoms with Crippen LogP contribution in [0.25, 0.3) is 0 Å². The molecule has 21 heavy (non-hydrogen) atoms. The molecule has 1 saturated heterocycles. The number of carbonyl (C=O) groups excluding carboxylic acids is 1. The second-order valence-electron chi connectivity index (χ2n) is 5.90. The highest BCUT2D eigenvalue weighted by molar-refractivity contribution is 9.10. The van der Waals surface area contributed by atoms with Gasteiger partial charge in [0.2, 0.25) is 0 Å². The molecule has 0 radical (unpaired) electrons. The smallest absolute Gasteiger partial charge is 0.253 e. The lowest BCUT2D eigenvalue weighted by atomic mass is 10.1. The van der Waals surface area contributed by atoms with Gasteiger partial charge in [-0.15, -0.1) is 0 Å². The van der Waals surface area contributed by atoms with E-state index < -0.39 is 0 Å². The maximum Gasteiger partial charge on any atom is 0.253 e. The summed E-state index contributed by atoms with van der Waals surface area (Å²) in [5.41, 5.74) is 0.553. The normalized spacial score (nSPS) is 21.0. The number of piperazine rings is 1. The van der Waals surface area contributed by atoms with Crippen molar-refractivity contribution in [2.75, 3.05) is 26.2 Å². The predicted molar refractivity (Wildman–Crippen MR) is 83.8 cm³/mol. The van der Waals surface area contributed by atoms with Crippen LogP contribution >= 0.6 is 15.9 Å². The number of carbonyl (C=O) groups is 1. The lowest BCUT2D eigenvalue weighted by Gasteiger charge is -2.38. The van der Waals surface area contributed by atoms with E-state index in [1.165, 1.54) is 31.7 Å². The van der Waals surface area contributed by atoms with Gasteiger partial charge in [-0.1, -0.05) is 12.8 Å². The van der Waals surface area contributed by atoms with E-state index in [1.807, 2.05) is 4.90 Å². The molecule has 2 fully saturated rings. The molecule has 1 aliphatic carbocycles. The largest absolute Gasteiger partial charge is 0.336 e. The molecule has 114 valence electrons. The Kier molecular flexibility index (Phi) is 4.60. The van der Waals surface area contributed by atoms with Crippen LogP contribution in [-0.4, -0.2) is 47.9 Å². The van der Waals surface area contributed by atoms with Gasteiger partial charge >= 0.3 is 0 Å². The summed E-state index contributed by atoms with van der Waals surface area (Å²) in [5, 5.41) is 0. The maximum absolute atomic E-state index is 13.2. The first-order valence-corrected chi connectivity index (χ1v) is 8.43. The van der Waals surface area contributed by atoms with E-state index in [0.717, 1.165) is 32.2 Å². The first kappa shape index (κ1) is 15.0. The van der Waals surface area contributed by atoms with E-state index in [2.05, 4.69) is 20.8 Å². The molecular weight excluding hydrogens is 335 g/mol. The topological polar surface area (TPSA) is 23.6 Å². The van der Waals surface area contributed by atoms with E-state index in [-0.39, 0.29) is 11.7 Å². The third-order valence-corrected chi connectivity index (χ3v) is 5.22. The number of hydrogen-bond acceptors (Lipinski definition) is 2. The molecule has 3 nitrogen and oxygen atoms in total. The molecule has 0 unspecified atom stereocenters. The number of rotatable bonds is 2. The Hall–Kier alpha value is -0.940. The number of halogens is 2. The molecule has 5 heteroatoms. The van der Waals surface area contributed by atoms with Gasteiger partial charge in [-0.3, -0.25) is 9.69 Å². The number of nitrogens with zero attached hydrogens (tertiary/aromatic N) is 2. The first-order valence-electron chi connectivity index (χ1n) is 7.63. The van der Waals surface area contributed by atoms with Gasteiger partial charge in [0.1, 0.15) is 5.82 Å². The fourth-order valence-electron chi connectivity index (χ4n) is 3.37. The molecule has 0 aromatic heterocycles. The second kappa shape index (κ2) is 6.44. The summed E-state index contributed by atoms with van der Waals surface area (Å²) < 4.78 is 13.6. The van der Waals surface area contributed by atoms with Crippen molar-refractivity contribution in [1.29, 1.82) is 0 Å². The Bertz CT molecular complexity index is 523. The van der Waals surface area contributed by atoms with Gasteiger partial charge in [0, 0.05) is 37.8 Å². The molecule has 0 bridgehead atoms. The van der Waals surface area contributed by atoms with Crippen LogP contribution in [0.1, 0.15) is 36.0 Å². The third kappa shape index (κ3) is 3.29. The zero-order valence-corrected chi connectivity index (χ0v) is 13.6. The van der Waals surface area contributed by atoms with Crippen molar-refractivity contribution in [2.24, 2.45) is 0 Å². The van der Waals surface area contributed by atoms with E-state index in [0.29, 0.717) is 10.0 Å². The molecule has 2 aliphatic rings. The SMILES string of the molecule is O=C(c1ccc(F)c(Br)c1)N1CCN(C2CCCC2)CC1. The fourth-order valence-corrected chi connectivity index (χ4v) is 3.75. The quantitative estimate of drug-likeness (QED) is 0.813. The van der Waals surface area contributed by atoms with Crippen LogP contribution in [0.3, 0.4) is 0 Å². The van der Waals surface area contributed by atoms with Crippen molar-refractivity contribution in [2.45, 2.75) is 31.7 Å². The molecule has 0 N–H and O–H groups in total. The van der Waals surface area contributed by atoms with Crippen molar-refractivity contribution < 1.29 is 9.18 Å². The van der Waals surface area contributed by atoms with E-state index in [1.54, 1.807) is 12.1 Å². The van der Waals surface area contributed by atoms with E-state index in [4.69, 9.17) is 0 Å². The van der Waals surface area contributed by atoms with Gasteiger partial charge in [-0.25, -0.2) is 4.39 Å². The molecule has 1 saturated carbocycles. The minimum absolute atomic E-state index is 0.00164. The zero-order valence-electron chi connectivity index (χ0n) is 12.0. The summed E-state index contributed by atoms with van der Waals surface area (Å²) in [6, 6.07) is 5.20. The number of benzene rings is 1. The molecule has 1 aromatic carbocycles. The Morgan fingerprint density at radius 3 is 2.43 bits per heavy atom. The van der Waals surface area contributed by atoms with Gasteiger partial charge in [-0.05, 0) is 47.0 Å². The molecule has 1 aromatic rings. The monoisotopic (exact) mass is 354 g/mol. The van der Waals surface area contributed by atoms with E-state index in [9.17, 15) is 9.18 Å². The summed E-state index contributed by atoms with van der Waals surface area (Å²) in [7, 11) is 0. The van der Waals surface area contributed by atoms with Crippen molar-refractivity contribution in [3.8, 4) is 0 Å². The summed E-state index contributed by atoms with van der Waals surface area (Å²) >= 11 is 3.14. The predicted octanol–water partition coefficient (Wildman–Crippen LogP) is 3.29. The maximum atomic E-state index is 13.2. The van der Waals surface area contributed by atoms with Gasteiger partial charge in [-0.2, -0.15) is 0 Å². The van der Waals surface area contributed by atoms with Gasteiger partial charge < -0.3 is 4.90 Å². The van der Waals surface area contributed by atoms with Crippen LogP contribution in [0.2, 0.25) is 0 Å². The van der Waals surface area contributed by atoms with Crippen LogP contribution in [0.4, 0.5) is 4.39 Å². The van der Waals surface area contributed by atoms with E-state index >= 15 is 0 Å². The lowest BCUT2D eigenvalue weighted by molar-refractivity contribution is 0.0573. The van der Waals surface area contributed by atoms with Crippen LogP contribution in [0.5, 0.6) is 0 Å². The highest BCUT2D eigenvalue weighted by Crippen LogP contribution is 2.25. The molecule has 3 rings (SSSR count). The molecule has 0 atom stereocenters. The van der Waals surface area contributed by atoms with Gasteiger partial charge in [0.05, 0.1) is 4.47 Å². The molecular formula is C16H20BrFN2O. The van der Waals surface area contributed by atoms with Crippen molar-refractivity contribution in [3.05, 3.63) is 34.1 Å². The Labute approximate surface area is 133 Å². The van der Waals surface area contributed by atoms with Crippen molar-refractivity contribution in [1.82, 2.24) is 9.80 Å². The summed E-state index contributed by atoms with van der Waals surface area (Å²) in [4.78, 5) is 16.9. The Morgan fingerprint density at radius 1 is 1.14 bits per heavy atom. The highest BCUT2D eigenvalue weighted by atomic mass is 79.9.